The summed E-state index contributed by atoms with van der Waals surface area (Å²) < 4.78 is 0. The van der Waals surface area contributed by atoms with Crippen LogP contribution < -0.4 is 0 Å². The third-order valence-electron chi connectivity index (χ3n) is 8.32. The van der Waals surface area contributed by atoms with Crippen LogP contribution in [-0.2, 0) is 9.59 Å². The minimum Gasteiger partial charge on any atom is -0.301 e. The highest BCUT2D eigenvalue weighted by Gasteiger charge is 2.61. The lowest BCUT2D eigenvalue weighted by Gasteiger charge is -2.58. The van der Waals surface area contributed by atoms with E-state index in [1.807, 2.05) is 6.92 Å². The number of carbonyl (C=O) groups is 2. The number of hydrogen-bond donors (Lipinski definition) is 1. The van der Waals surface area contributed by atoms with Gasteiger partial charge in [0.1, 0.15) is 5.78 Å². The molecular formula is C23H29NO2. The Morgan fingerprint density at radius 2 is 1.92 bits per heavy atom. The van der Waals surface area contributed by atoms with Crippen molar-refractivity contribution in [3.05, 3.63) is 11.6 Å². The SMILES string of the molecule is CC#CCC1=CC2C(=N)C(=O)CC[C@]2(C)[C@H]2CC[C@]3(C)C(=O)CC[C@H]3[C@H]12. The molecule has 3 saturated carbocycles. The van der Waals surface area contributed by atoms with E-state index >= 15 is 0 Å². The van der Waals surface area contributed by atoms with E-state index in [1.54, 1.807) is 0 Å². The van der Waals surface area contributed by atoms with Crippen molar-refractivity contribution in [1.29, 1.82) is 5.41 Å². The minimum atomic E-state index is -0.179. The lowest BCUT2D eigenvalue weighted by Crippen LogP contribution is -2.55. The second-order valence-electron chi connectivity index (χ2n) is 9.32. The molecule has 1 N–H and O–H groups in total. The van der Waals surface area contributed by atoms with Gasteiger partial charge in [-0.05, 0) is 55.8 Å². The van der Waals surface area contributed by atoms with Crippen molar-refractivity contribution in [2.24, 2.45) is 34.5 Å². The summed E-state index contributed by atoms with van der Waals surface area (Å²) in [5.74, 6) is 7.89. The summed E-state index contributed by atoms with van der Waals surface area (Å²) in [6.45, 7) is 6.35. The summed E-state index contributed by atoms with van der Waals surface area (Å²) in [6.07, 6.45) is 8.03. The zero-order chi connectivity index (χ0) is 18.7. The summed E-state index contributed by atoms with van der Waals surface area (Å²) in [7, 11) is 0. The van der Waals surface area contributed by atoms with E-state index < -0.39 is 0 Å². The van der Waals surface area contributed by atoms with Crippen LogP contribution >= 0.6 is 0 Å². The molecule has 0 radical (unpaired) electrons. The molecule has 1 unspecified atom stereocenters. The van der Waals surface area contributed by atoms with Gasteiger partial charge in [-0.3, -0.25) is 9.59 Å². The van der Waals surface area contributed by atoms with E-state index in [0.29, 0.717) is 48.5 Å². The molecule has 0 amide bonds. The Kier molecular flexibility index (Phi) is 4.03. The fourth-order valence-electron chi connectivity index (χ4n) is 6.73. The van der Waals surface area contributed by atoms with Crippen molar-refractivity contribution in [2.75, 3.05) is 0 Å². The molecule has 6 atom stereocenters. The molecule has 26 heavy (non-hydrogen) atoms. The number of hydrogen-bond acceptors (Lipinski definition) is 3. The monoisotopic (exact) mass is 351 g/mol. The van der Waals surface area contributed by atoms with Gasteiger partial charge in [0.05, 0.1) is 5.71 Å². The van der Waals surface area contributed by atoms with Gasteiger partial charge in [0.15, 0.2) is 5.78 Å². The lowest BCUT2D eigenvalue weighted by molar-refractivity contribution is -0.132. The number of ketones is 2. The molecule has 138 valence electrons. The molecule has 3 heteroatoms. The van der Waals surface area contributed by atoms with E-state index in [9.17, 15) is 9.59 Å². The molecule has 0 aromatic rings. The topological polar surface area (TPSA) is 58.0 Å². The van der Waals surface area contributed by atoms with Gasteiger partial charge in [0.2, 0.25) is 0 Å². The standard InChI is InChI=1S/C23H29NO2/c1-4-5-6-14-13-17-21(24)18(25)10-12-22(17,2)16-9-11-23(3)15(20(14)16)7-8-19(23)26/h13,15-17,20,24H,6-12H2,1-3H3/t15-,16-,17?,20-,22+,23-/m0/s1. The fraction of sp³-hybridized carbons (Fsp3) is 0.696. The summed E-state index contributed by atoms with van der Waals surface area (Å²) >= 11 is 0. The average Bonchev–Trinajstić information content (AvgIpc) is 2.92. The van der Waals surface area contributed by atoms with Gasteiger partial charge in [0.25, 0.3) is 0 Å². The Labute approximate surface area is 156 Å². The van der Waals surface area contributed by atoms with E-state index in [1.165, 1.54) is 5.57 Å². The number of nitrogens with one attached hydrogen (secondary N) is 1. The second-order valence-corrected chi connectivity index (χ2v) is 9.32. The Bertz CT molecular complexity index is 782. The Hall–Kier alpha value is -1.69. The number of rotatable bonds is 1. The highest BCUT2D eigenvalue weighted by Crippen LogP contribution is 2.64. The Morgan fingerprint density at radius 3 is 2.65 bits per heavy atom. The molecule has 0 saturated heterocycles. The van der Waals surface area contributed by atoms with Crippen molar-refractivity contribution < 1.29 is 9.59 Å². The molecule has 4 aliphatic rings. The molecule has 0 spiro atoms. The summed E-state index contributed by atoms with van der Waals surface area (Å²) in [4.78, 5) is 24.9. The van der Waals surface area contributed by atoms with E-state index in [2.05, 4.69) is 31.8 Å². The molecule has 0 aliphatic heterocycles. The lowest BCUT2D eigenvalue weighted by atomic mass is 9.45. The van der Waals surface area contributed by atoms with Crippen LogP contribution in [-0.4, -0.2) is 17.3 Å². The molecule has 0 aromatic carbocycles. The fourth-order valence-corrected chi connectivity index (χ4v) is 6.73. The van der Waals surface area contributed by atoms with E-state index in [0.717, 1.165) is 25.7 Å². The smallest absolute Gasteiger partial charge is 0.176 e. The van der Waals surface area contributed by atoms with Crippen LogP contribution in [0.3, 0.4) is 0 Å². The van der Waals surface area contributed by atoms with Gasteiger partial charge in [0, 0.05) is 30.6 Å². The first-order valence-electron chi connectivity index (χ1n) is 10.1. The molecule has 4 aliphatic carbocycles. The van der Waals surface area contributed by atoms with Gasteiger partial charge < -0.3 is 5.41 Å². The zero-order valence-electron chi connectivity index (χ0n) is 16.2. The number of allylic oxidation sites excluding steroid dienone is 2. The minimum absolute atomic E-state index is 0.0137. The van der Waals surface area contributed by atoms with Crippen molar-refractivity contribution in [3.63, 3.8) is 0 Å². The maximum absolute atomic E-state index is 12.7. The van der Waals surface area contributed by atoms with Crippen LogP contribution in [0.5, 0.6) is 0 Å². The number of Topliss-reactive ketones (excluding diaryl/α,β-unsaturated/α-hetero) is 2. The number of fused-ring (bicyclic) bond motifs is 5. The first-order valence-corrected chi connectivity index (χ1v) is 10.1. The van der Waals surface area contributed by atoms with Gasteiger partial charge in [-0.25, -0.2) is 0 Å². The third-order valence-corrected chi connectivity index (χ3v) is 8.32. The molecule has 0 bridgehead atoms. The van der Waals surface area contributed by atoms with Crippen LogP contribution in [0.4, 0.5) is 0 Å². The summed E-state index contributed by atoms with van der Waals surface area (Å²) in [5, 5.41) is 8.45. The normalized spacial score (nSPS) is 44.4. The van der Waals surface area contributed by atoms with E-state index in [4.69, 9.17) is 5.41 Å². The van der Waals surface area contributed by atoms with Gasteiger partial charge in [-0.2, -0.15) is 0 Å². The van der Waals surface area contributed by atoms with Gasteiger partial charge in [-0.15, -0.1) is 5.92 Å². The Balaban J connectivity index is 1.83. The second kappa shape index (κ2) is 5.91. The average molecular weight is 351 g/mol. The highest BCUT2D eigenvalue weighted by atomic mass is 16.1. The molecule has 3 fully saturated rings. The van der Waals surface area contributed by atoms with Crippen molar-refractivity contribution in [1.82, 2.24) is 0 Å². The quantitative estimate of drug-likeness (QED) is 0.564. The maximum Gasteiger partial charge on any atom is 0.176 e. The highest BCUT2D eigenvalue weighted by molar-refractivity contribution is 6.40. The molecule has 0 heterocycles. The van der Waals surface area contributed by atoms with E-state index in [-0.39, 0.29) is 22.5 Å². The van der Waals surface area contributed by atoms with Gasteiger partial charge in [-0.1, -0.05) is 31.4 Å². The maximum atomic E-state index is 12.7. The van der Waals surface area contributed by atoms with Gasteiger partial charge >= 0.3 is 0 Å². The van der Waals surface area contributed by atoms with Crippen molar-refractivity contribution >= 4 is 17.3 Å². The van der Waals surface area contributed by atoms with Crippen LogP contribution in [0.1, 0.15) is 65.7 Å². The molecule has 3 nitrogen and oxygen atoms in total. The largest absolute Gasteiger partial charge is 0.301 e. The Morgan fingerprint density at radius 1 is 1.15 bits per heavy atom. The summed E-state index contributed by atoms with van der Waals surface area (Å²) in [6, 6.07) is 0. The van der Waals surface area contributed by atoms with Crippen molar-refractivity contribution in [3.8, 4) is 11.8 Å². The van der Waals surface area contributed by atoms with Crippen LogP contribution in [0, 0.1) is 51.8 Å². The first kappa shape index (κ1) is 17.7. The zero-order valence-corrected chi connectivity index (χ0v) is 16.2. The first-order chi connectivity index (χ1) is 12.3. The van der Waals surface area contributed by atoms with Crippen LogP contribution in [0.2, 0.25) is 0 Å². The third kappa shape index (κ3) is 2.24. The molecule has 4 rings (SSSR count). The van der Waals surface area contributed by atoms with Crippen LogP contribution in [0.25, 0.3) is 0 Å². The molecular weight excluding hydrogens is 322 g/mol. The number of carbonyl (C=O) groups excluding carboxylic acids is 2. The predicted molar refractivity (Wildman–Crippen MR) is 102 cm³/mol. The van der Waals surface area contributed by atoms with Crippen molar-refractivity contribution in [2.45, 2.75) is 65.7 Å². The summed E-state index contributed by atoms with van der Waals surface area (Å²) in [5.41, 5.74) is 1.40. The predicted octanol–water partition coefficient (Wildman–Crippen LogP) is 4.36. The molecule has 0 aromatic heterocycles. The van der Waals surface area contributed by atoms with Crippen LogP contribution in [0.15, 0.2) is 11.6 Å².